The molecule has 1 aromatic rings. The standard InChI is InChI=1S/C17H25N3O4S/c1-17(2,3)24-16(22)19-8-7-18-15(21)12-4-5-14(20-10-12)23-13-6-9-25-11-13/h4-5,10,13H,6-9,11H2,1-3H3,(H,18,21)(H,19,22)/t13-/m1/s1. The van der Waals surface area contributed by atoms with Gasteiger partial charge < -0.3 is 20.1 Å². The first kappa shape index (κ1) is 19.4. The summed E-state index contributed by atoms with van der Waals surface area (Å²) >= 11 is 1.87. The number of ether oxygens (including phenoxy) is 2. The van der Waals surface area contributed by atoms with Gasteiger partial charge in [-0.05, 0) is 39.0 Å². The average Bonchev–Trinajstić information content (AvgIpc) is 3.03. The van der Waals surface area contributed by atoms with Gasteiger partial charge in [0.2, 0.25) is 5.88 Å². The zero-order valence-electron chi connectivity index (χ0n) is 14.8. The summed E-state index contributed by atoms with van der Waals surface area (Å²) < 4.78 is 10.9. The Morgan fingerprint density at radius 2 is 2.04 bits per heavy atom. The molecule has 0 bridgehead atoms. The number of nitrogens with zero attached hydrogens (tertiary/aromatic N) is 1. The lowest BCUT2D eigenvalue weighted by Crippen LogP contribution is -2.37. The molecule has 2 rings (SSSR count). The third-order valence-electron chi connectivity index (χ3n) is 3.25. The van der Waals surface area contributed by atoms with E-state index in [1.165, 1.54) is 6.20 Å². The van der Waals surface area contributed by atoms with Crippen LogP contribution in [0.5, 0.6) is 5.88 Å². The summed E-state index contributed by atoms with van der Waals surface area (Å²) in [5, 5.41) is 5.30. The van der Waals surface area contributed by atoms with E-state index in [4.69, 9.17) is 9.47 Å². The van der Waals surface area contributed by atoms with Crippen LogP contribution in [0.1, 0.15) is 37.6 Å². The first-order chi connectivity index (χ1) is 11.8. The van der Waals surface area contributed by atoms with Crippen LogP contribution in [0.25, 0.3) is 0 Å². The minimum Gasteiger partial charge on any atom is -0.473 e. The van der Waals surface area contributed by atoms with Gasteiger partial charge >= 0.3 is 6.09 Å². The van der Waals surface area contributed by atoms with Crippen LogP contribution >= 0.6 is 11.8 Å². The number of hydrogen-bond acceptors (Lipinski definition) is 6. The van der Waals surface area contributed by atoms with Gasteiger partial charge in [0.15, 0.2) is 0 Å². The lowest BCUT2D eigenvalue weighted by atomic mass is 10.2. The van der Waals surface area contributed by atoms with Gasteiger partial charge in [0.25, 0.3) is 5.91 Å². The van der Waals surface area contributed by atoms with E-state index in [0.29, 0.717) is 18.0 Å². The molecule has 1 aliphatic rings. The fraction of sp³-hybridized carbons (Fsp3) is 0.588. The molecule has 2 N–H and O–H groups in total. The third-order valence-corrected chi connectivity index (χ3v) is 4.38. The van der Waals surface area contributed by atoms with Crippen LogP contribution in [-0.2, 0) is 4.74 Å². The van der Waals surface area contributed by atoms with E-state index in [2.05, 4.69) is 15.6 Å². The van der Waals surface area contributed by atoms with Gasteiger partial charge in [-0.3, -0.25) is 4.79 Å². The topological polar surface area (TPSA) is 89.6 Å². The van der Waals surface area contributed by atoms with Crippen LogP contribution in [0.3, 0.4) is 0 Å². The van der Waals surface area contributed by atoms with E-state index in [0.717, 1.165) is 17.9 Å². The lowest BCUT2D eigenvalue weighted by Gasteiger charge is -2.19. The SMILES string of the molecule is CC(C)(C)OC(=O)NCCNC(=O)c1ccc(O[C@@H]2CCSC2)nc1. The Labute approximate surface area is 152 Å². The summed E-state index contributed by atoms with van der Waals surface area (Å²) in [7, 11) is 0. The Kier molecular flexibility index (Phi) is 6.92. The maximum absolute atomic E-state index is 12.0. The van der Waals surface area contributed by atoms with Crippen LogP contribution < -0.4 is 15.4 Å². The third kappa shape index (κ3) is 7.21. The summed E-state index contributed by atoms with van der Waals surface area (Å²) in [5.74, 6) is 2.38. The molecule has 2 heterocycles. The maximum Gasteiger partial charge on any atom is 0.407 e. The van der Waals surface area contributed by atoms with E-state index in [1.807, 2.05) is 11.8 Å². The first-order valence-electron chi connectivity index (χ1n) is 8.29. The zero-order valence-corrected chi connectivity index (χ0v) is 15.6. The van der Waals surface area contributed by atoms with Crippen LogP contribution in [0.2, 0.25) is 0 Å². The van der Waals surface area contributed by atoms with Crippen molar-refractivity contribution in [3.63, 3.8) is 0 Å². The average molecular weight is 367 g/mol. The highest BCUT2D eigenvalue weighted by atomic mass is 32.2. The molecule has 138 valence electrons. The van der Waals surface area contributed by atoms with E-state index in [1.54, 1.807) is 32.9 Å². The van der Waals surface area contributed by atoms with Crippen molar-refractivity contribution in [2.75, 3.05) is 24.6 Å². The first-order valence-corrected chi connectivity index (χ1v) is 9.44. The minimum absolute atomic E-state index is 0.205. The molecule has 8 heteroatoms. The molecule has 1 aliphatic heterocycles. The van der Waals surface area contributed by atoms with Crippen molar-refractivity contribution in [3.8, 4) is 5.88 Å². The Morgan fingerprint density at radius 3 is 2.64 bits per heavy atom. The predicted molar refractivity (Wildman–Crippen MR) is 97.2 cm³/mol. The largest absolute Gasteiger partial charge is 0.473 e. The molecule has 7 nitrogen and oxygen atoms in total. The molecule has 1 saturated heterocycles. The van der Waals surface area contributed by atoms with Gasteiger partial charge in [-0.2, -0.15) is 11.8 Å². The van der Waals surface area contributed by atoms with Gasteiger partial charge in [0.1, 0.15) is 11.7 Å². The van der Waals surface area contributed by atoms with Crippen LogP contribution in [0, 0.1) is 0 Å². The number of alkyl carbamates (subject to hydrolysis) is 1. The summed E-state index contributed by atoms with van der Waals surface area (Å²) in [6, 6.07) is 3.39. The van der Waals surface area contributed by atoms with Crippen molar-refractivity contribution < 1.29 is 19.1 Å². The van der Waals surface area contributed by atoms with Crippen molar-refractivity contribution in [1.82, 2.24) is 15.6 Å². The highest BCUT2D eigenvalue weighted by Crippen LogP contribution is 2.21. The summed E-state index contributed by atoms with van der Waals surface area (Å²) in [4.78, 5) is 27.7. The second-order valence-corrected chi connectivity index (χ2v) is 7.82. The van der Waals surface area contributed by atoms with Gasteiger partial charge in [-0.15, -0.1) is 0 Å². The van der Waals surface area contributed by atoms with Gasteiger partial charge in [0.05, 0.1) is 5.56 Å². The Bertz CT molecular complexity index is 581. The Hall–Kier alpha value is -1.96. The number of amides is 2. The monoisotopic (exact) mass is 367 g/mol. The van der Waals surface area contributed by atoms with Crippen molar-refractivity contribution in [2.45, 2.75) is 38.9 Å². The number of pyridine rings is 1. The van der Waals surface area contributed by atoms with Crippen LogP contribution in [0.4, 0.5) is 4.79 Å². The molecule has 25 heavy (non-hydrogen) atoms. The molecule has 2 amide bonds. The molecule has 0 aliphatic carbocycles. The molecule has 1 aromatic heterocycles. The fourth-order valence-corrected chi connectivity index (χ4v) is 3.21. The van der Waals surface area contributed by atoms with Crippen molar-refractivity contribution in [2.24, 2.45) is 0 Å². The quantitative estimate of drug-likeness (QED) is 0.750. The Morgan fingerprint density at radius 1 is 1.28 bits per heavy atom. The smallest absolute Gasteiger partial charge is 0.407 e. The predicted octanol–water partition coefficient (Wildman–Crippen LogP) is 2.22. The zero-order chi connectivity index (χ0) is 18.3. The second-order valence-electron chi connectivity index (χ2n) is 6.67. The summed E-state index contributed by atoms with van der Waals surface area (Å²) in [6.07, 6.45) is 2.22. The molecular weight excluding hydrogens is 342 g/mol. The van der Waals surface area contributed by atoms with Crippen LogP contribution in [-0.4, -0.2) is 53.3 Å². The van der Waals surface area contributed by atoms with E-state index >= 15 is 0 Å². The van der Waals surface area contributed by atoms with Crippen molar-refractivity contribution in [1.29, 1.82) is 0 Å². The molecule has 0 unspecified atom stereocenters. The lowest BCUT2D eigenvalue weighted by molar-refractivity contribution is 0.0526. The Balaban J connectivity index is 1.69. The van der Waals surface area contributed by atoms with Crippen molar-refractivity contribution >= 4 is 23.8 Å². The molecule has 1 fully saturated rings. The number of carbonyl (C=O) groups is 2. The van der Waals surface area contributed by atoms with Crippen molar-refractivity contribution in [3.05, 3.63) is 23.9 Å². The van der Waals surface area contributed by atoms with Crippen LogP contribution in [0.15, 0.2) is 18.3 Å². The molecule has 0 aromatic carbocycles. The fourth-order valence-electron chi connectivity index (χ4n) is 2.12. The van der Waals surface area contributed by atoms with E-state index in [9.17, 15) is 9.59 Å². The van der Waals surface area contributed by atoms with Gasteiger partial charge in [-0.1, -0.05) is 0 Å². The number of hydrogen-bond donors (Lipinski definition) is 2. The van der Waals surface area contributed by atoms with Gasteiger partial charge in [0, 0.05) is 31.1 Å². The highest BCUT2D eigenvalue weighted by Gasteiger charge is 2.18. The molecule has 0 radical (unpaired) electrons. The minimum atomic E-state index is -0.542. The van der Waals surface area contributed by atoms with E-state index in [-0.39, 0.29) is 18.6 Å². The number of thioether (sulfide) groups is 1. The molecule has 0 spiro atoms. The number of nitrogens with one attached hydrogen (secondary N) is 2. The van der Waals surface area contributed by atoms with Gasteiger partial charge in [-0.25, -0.2) is 9.78 Å². The maximum atomic E-state index is 12.0. The normalized spacial score (nSPS) is 17.0. The number of rotatable bonds is 6. The highest BCUT2D eigenvalue weighted by molar-refractivity contribution is 7.99. The molecular formula is C17H25N3O4S. The summed E-state index contributed by atoms with van der Waals surface area (Å²) in [5.41, 5.74) is -0.0922. The number of carbonyl (C=O) groups excluding carboxylic acids is 2. The summed E-state index contributed by atoms with van der Waals surface area (Å²) in [6.45, 7) is 5.96. The number of aromatic nitrogens is 1. The van der Waals surface area contributed by atoms with E-state index < -0.39 is 11.7 Å². The molecule has 1 atom stereocenters. The second kappa shape index (κ2) is 8.94. The molecule has 0 saturated carbocycles.